The summed E-state index contributed by atoms with van der Waals surface area (Å²) < 4.78 is 23.2. The Morgan fingerprint density at radius 2 is 2.21 bits per heavy atom. The summed E-state index contributed by atoms with van der Waals surface area (Å²) in [6, 6.07) is 6.35. The van der Waals surface area contributed by atoms with Gasteiger partial charge in [-0.2, -0.15) is 0 Å². The van der Waals surface area contributed by atoms with Gasteiger partial charge in [0.15, 0.2) is 0 Å². The maximum atomic E-state index is 12.8. The first-order chi connectivity index (χ1) is 6.79. The van der Waals surface area contributed by atoms with E-state index in [1.165, 1.54) is 12.1 Å². The number of hydrogen-bond acceptors (Lipinski definition) is 2. The average Bonchev–Trinajstić information content (AvgIpc) is 2.56. The van der Waals surface area contributed by atoms with Crippen LogP contribution in [0.3, 0.4) is 0 Å². The van der Waals surface area contributed by atoms with Gasteiger partial charge >= 0.3 is 0 Å². The summed E-state index contributed by atoms with van der Waals surface area (Å²) in [4.78, 5) is 0. The van der Waals surface area contributed by atoms with Gasteiger partial charge in [-0.3, -0.25) is 0 Å². The van der Waals surface area contributed by atoms with Crippen LogP contribution in [0.25, 0.3) is 11.0 Å². The molecule has 0 fully saturated rings. The minimum absolute atomic E-state index is 0.239. The topological polar surface area (TPSA) is 22.4 Å². The molecule has 0 saturated heterocycles. The zero-order valence-electron chi connectivity index (χ0n) is 7.92. The van der Waals surface area contributed by atoms with Crippen molar-refractivity contribution in [2.45, 2.75) is 6.42 Å². The standard InChI is InChI=1S/C11H11FO2/c1-13-5-4-10-7-8-6-9(12)2-3-11(8)14-10/h2-3,6-7H,4-5H2,1H3. The first-order valence-corrected chi connectivity index (χ1v) is 4.46. The molecule has 2 aromatic rings. The molecule has 1 aromatic carbocycles. The third-order valence-corrected chi connectivity index (χ3v) is 2.08. The highest BCUT2D eigenvalue weighted by molar-refractivity contribution is 5.77. The average molecular weight is 194 g/mol. The molecule has 0 radical (unpaired) electrons. The van der Waals surface area contributed by atoms with E-state index in [0.717, 1.165) is 16.7 Å². The van der Waals surface area contributed by atoms with Gasteiger partial charge in [0.1, 0.15) is 17.2 Å². The van der Waals surface area contributed by atoms with E-state index in [4.69, 9.17) is 9.15 Å². The van der Waals surface area contributed by atoms with Gasteiger partial charge in [-0.25, -0.2) is 4.39 Å². The monoisotopic (exact) mass is 194 g/mol. The van der Waals surface area contributed by atoms with Crippen molar-refractivity contribution in [1.29, 1.82) is 0 Å². The minimum Gasteiger partial charge on any atom is -0.461 e. The van der Waals surface area contributed by atoms with Crippen molar-refractivity contribution in [3.05, 3.63) is 35.8 Å². The first kappa shape index (κ1) is 9.21. The Morgan fingerprint density at radius 1 is 1.36 bits per heavy atom. The van der Waals surface area contributed by atoms with E-state index in [1.807, 2.05) is 6.07 Å². The largest absolute Gasteiger partial charge is 0.461 e. The van der Waals surface area contributed by atoms with Crippen LogP contribution in [-0.2, 0) is 11.2 Å². The SMILES string of the molecule is COCCc1cc2cc(F)ccc2o1. The van der Waals surface area contributed by atoms with Crippen LogP contribution in [0.1, 0.15) is 5.76 Å². The van der Waals surface area contributed by atoms with E-state index >= 15 is 0 Å². The Kier molecular flexibility index (Phi) is 2.50. The number of ether oxygens (including phenoxy) is 1. The fourth-order valence-electron chi connectivity index (χ4n) is 1.40. The second-order valence-electron chi connectivity index (χ2n) is 3.14. The Balaban J connectivity index is 2.32. The number of benzene rings is 1. The molecule has 0 unspecified atom stereocenters. The number of furan rings is 1. The summed E-state index contributed by atoms with van der Waals surface area (Å²) in [6.45, 7) is 0.613. The molecular formula is C11H11FO2. The molecule has 2 rings (SSSR count). The number of methoxy groups -OCH3 is 1. The van der Waals surface area contributed by atoms with Gasteiger partial charge in [-0.1, -0.05) is 0 Å². The van der Waals surface area contributed by atoms with E-state index in [0.29, 0.717) is 13.0 Å². The van der Waals surface area contributed by atoms with E-state index in [2.05, 4.69) is 0 Å². The fourth-order valence-corrected chi connectivity index (χ4v) is 1.40. The zero-order chi connectivity index (χ0) is 9.97. The molecule has 0 amide bonds. The highest BCUT2D eigenvalue weighted by Gasteiger charge is 2.03. The lowest BCUT2D eigenvalue weighted by Crippen LogP contribution is -1.91. The van der Waals surface area contributed by atoms with Crippen molar-refractivity contribution in [2.75, 3.05) is 13.7 Å². The van der Waals surface area contributed by atoms with E-state index in [1.54, 1.807) is 13.2 Å². The van der Waals surface area contributed by atoms with Crippen molar-refractivity contribution >= 4 is 11.0 Å². The van der Waals surface area contributed by atoms with Crippen molar-refractivity contribution < 1.29 is 13.5 Å². The predicted molar refractivity (Wildman–Crippen MR) is 51.8 cm³/mol. The highest BCUT2D eigenvalue weighted by atomic mass is 19.1. The maximum Gasteiger partial charge on any atom is 0.134 e. The van der Waals surface area contributed by atoms with Crippen LogP contribution in [0, 0.1) is 5.82 Å². The molecule has 1 heterocycles. The van der Waals surface area contributed by atoms with Crippen LogP contribution < -0.4 is 0 Å². The molecule has 0 N–H and O–H groups in total. The third-order valence-electron chi connectivity index (χ3n) is 2.08. The number of fused-ring (bicyclic) bond motifs is 1. The Morgan fingerprint density at radius 3 is 3.00 bits per heavy atom. The molecule has 1 aromatic heterocycles. The lowest BCUT2D eigenvalue weighted by atomic mass is 10.2. The zero-order valence-corrected chi connectivity index (χ0v) is 7.92. The summed E-state index contributed by atoms with van der Waals surface area (Å²) >= 11 is 0. The molecule has 74 valence electrons. The van der Waals surface area contributed by atoms with Gasteiger partial charge in [0.05, 0.1) is 6.61 Å². The van der Waals surface area contributed by atoms with Crippen LogP contribution in [0.5, 0.6) is 0 Å². The molecule has 3 heteroatoms. The molecule has 0 aliphatic rings. The van der Waals surface area contributed by atoms with Gasteiger partial charge in [-0.15, -0.1) is 0 Å². The second kappa shape index (κ2) is 3.80. The van der Waals surface area contributed by atoms with Gasteiger partial charge in [0.2, 0.25) is 0 Å². The van der Waals surface area contributed by atoms with Crippen LogP contribution in [0.4, 0.5) is 4.39 Å². The third kappa shape index (κ3) is 1.77. The van der Waals surface area contributed by atoms with Crippen molar-refractivity contribution in [2.24, 2.45) is 0 Å². The molecule has 2 nitrogen and oxygen atoms in total. The normalized spacial score (nSPS) is 11.0. The number of halogens is 1. The molecule has 0 atom stereocenters. The van der Waals surface area contributed by atoms with Crippen LogP contribution >= 0.6 is 0 Å². The summed E-state index contributed by atoms with van der Waals surface area (Å²) in [6.07, 6.45) is 0.715. The predicted octanol–water partition coefficient (Wildman–Crippen LogP) is 2.76. The van der Waals surface area contributed by atoms with Crippen molar-refractivity contribution in [3.8, 4) is 0 Å². The van der Waals surface area contributed by atoms with Crippen LogP contribution in [-0.4, -0.2) is 13.7 Å². The van der Waals surface area contributed by atoms with Crippen LogP contribution in [0.15, 0.2) is 28.7 Å². The quantitative estimate of drug-likeness (QED) is 0.749. The van der Waals surface area contributed by atoms with E-state index < -0.39 is 0 Å². The van der Waals surface area contributed by atoms with Crippen LogP contribution in [0.2, 0.25) is 0 Å². The summed E-state index contributed by atoms with van der Waals surface area (Å²) in [5, 5.41) is 0.802. The molecule has 14 heavy (non-hydrogen) atoms. The van der Waals surface area contributed by atoms with Gasteiger partial charge in [-0.05, 0) is 24.3 Å². The molecule has 0 aliphatic heterocycles. The smallest absolute Gasteiger partial charge is 0.134 e. The van der Waals surface area contributed by atoms with E-state index in [9.17, 15) is 4.39 Å². The molecular weight excluding hydrogens is 183 g/mol. The lowest BCUT2D eigenvalue weighted by molar-refractivity contribution is 0.197. The fraction of sp³-hybridized carbons (Fsp3) is 0.273. The summed E-state index contributed by atoms with van der Waals surface area (Å²) in [7, 11) is 1.64. The van der Waals surface area contributed by atoms with Gasteiger partial charge < -0.3 is 9.15 Å². The van der Waals surface area contributed by atoms with Crippen molar-refractivity contribution in [3.63, 3.8) is 0 Å². The van der Waals surface area contributed by atoms with Crippen molar-refractivity contribution in [1.82, 2.24) is 0 Å². The lowest BCUT2D eigenvalue weighted by Gasteiger charge is -1.92. The molecule has 0 spiro atoms. The highest BCUT2D eigenvalue weighted by Crippen LogP contribution is 2.20. The van der Waals surface area contributed by atoms with Gasteiger partial charge in [0, 0.05) is 18.9 Å². The van der Waals surface area contributed by atoms with Gasteiger partial charge in [0.25, 0.3) is 0 Å². The minimum atomic E-state index is -0.239. The summed E-state index contributed by atoms with van der Waals surface area (Å²) in [5.74, 6) is 0.587. The van der Waals surface area contributed by atoms with E-state index in [-0.39, 0.29) is 5.82 Å². The number of hydrogen-bond donors (Lipinski definition) is 0. The Bertz CT molecular complexity index is 434. The first-order valence-electron chi connectivity index (χ1n) is 4.46. The number of rotatable bonds is 3. The summed E-state index contributed by atoms with van der Waals surface area (Å²) in [5.41, 5.74) is 0.720. The molecule has 0 bridgehead atoms. The Hall–Kier alpha value is -1.35. The second-order valence-corrected chi connectivity index (χ2v) is 3.14. The maximum absolute atomic E-state index is 12.8. The molecule has 0 saturated carbocycles. The Labute approximate surface area is 81.3 Å². The molecule has 0 aliphatic carbocycles.